The van der Waals surface area contributed by atoms with Crippen LogP contribution in [0.25, 0.3) is 0 Å². The molecule has 1 aromatic rings. The number of hydrogen-bond donors (Lipinski definition) is 0. The van der Waals surface area contributed by atoms with E-state index in [1.165, 1.54) is 0 Å². The smallest absolute Gasteiger partial charge is 0.135 e. The molecule has 1 rings (SSSR count). The van der Waals surface area contributed by atoms with E-state index in [4.69, 9.17) is 0 Å². The molecule has 0 fully saturated rings. The minimum Gasteiger partial charge on any atom is -0.341 e. The van der Waals surface area contributed by atoms with Crippen LogP contribution in [-0.4, -0.2) is 5.78 Å². The molecular formula is C15H22OY-2. The predicted molar refractivity (Wildman–Crippen MR) is 68.9 cm³/mol. The number of carbonyl (C=O) groups excluding carboxylic acids is 1. The number of rotatable bonds is 3. The van der Waals surface area contributed by atoms with Crippen LogP contribution in [0.1, 0.15) is 34.1 Å². The molecule has 1 atom stereocenters. The zero-order chi connectivity index (χ0) is 12.6. The Balaban J connectivity index is 0. The monoisotopic (exact) mass is 307 g/mol. The summed E-state index contributed by atoms with van der Waals surface area (Å²) >= 11 is 0. The Kier molecular flexibility index (Phi) is 11.3. The summed E-state index contributed by atoms with van der Waals surface area (Å²) in [6.45, 7) is 11.5. The Hall–Kier alpha value is -0.00610. The van der Waals surface area contributed by atoms with Crippen molar-refractivity contribution in [2.75, 3.05) is 0 Å². The normalized spacial score (nSPS) is 11.6. The molecule has 1 radical (unpaired) electrons. The van der Waals surface area contributed by atoms with Crippen LogP contribution in [0.5, 0.6) is 0 Å². The predicted octanol–water partition coefficient (Wildman–Crippen LogP) is 3.95. The van der Waals surface area contributed by atoms with Gasteiger partial charge in [0.1, 0.15) is 5.78 Å². The summed E-state index contributed by atoms with van der Waals surface area (Å²) in [5.41, 5.74) is -0.179. The van der Waals surface area contributed by atoms with Crippen molar-refractivity contribution in [2.45, 2.75) is 34.1 Å². The molecule has 0 saturated carbocycles. The van der Waals surface area contributed by atoms with Gasteiger partial charge < -0.3 is 6.92 Å². The molecule has 0 bridgehead atoms. The van der Waals surface area contributed by atoms with Gasteiger partial charge >= 0.3 is 0 Å². The van der Waals surface area contributed by atoms with Crippen LogP contribution in [0.15, 0.2) is 30.3 Å². The standard InChI is InChI=1S/C9H17O.C6H5.Y/c1-7(2)6-9(4,5)8(3)10;1-2-4-6-5-3-1;/h7H,1,6H2,2-5H3;1-5H;/q2*-1;. The van der Waals surface area contributed by atoms with Gasteiger partial charge in [0.2, 0.25) is 0 Å². The SMILES string of the molecule is [CH2-]C(C)CC(C)(C)C(C)=O.[Y].[c-]1ccccc1. The number of Topliss-reactive ketones (excluding diaryl/α,β-unsaturated/α-hetero) is 1. The summed E-state index contributed by atoms with van der Waals surface area (Å²) in [4.78, 5) is 11.0. The van der Waals surface area contributed by atoms with E-state index in [-0.39, 0.29) is 43.9 Å². The van der Waals surface area contributed by atoms with E-state index < -0.39 is 0 Å². The third kappa shape index (κ3) is 10.8. The Morgan fingerprint density at radius 3 is 1.88 bits per heavy atom. The second kappa shape index (κ2) is 9.97. The third-order valence-corrected chi connectivity index (χ3v) is 2.42. The van der Waals surface area contributed by atoms with E-state index in [9.17, 15) is 4.79 Å². The van der Waals surface area contributed by atoms with Gasteiger partial charge in [-0.1, -0.05) is 27.2 Å². The molecule has 1 unspecified atom stereocenters. The first kappa shape index (κ1) is 19.3. The van der Waals surface area contributed by atoms with Gasteiger partial charge in [0, 0.05) is 38.1 Å². The Bertz CT molecular complexity index is 264. The number of ketones is 1. The van der Waals surface area contributed by atoms with Crippen LogP contribution in [0.2, 0.25) is 0 Å². The zero-order valence-electron chi connectivity index (χ0n) is 11.4. The summed E-state index contributed by atoms with van der Waals surface area (Å²) in [6, 6.07) is 12.5. The number of carbonyl (C=O) groups is 1. The van der Waals surface area contributed by atoms with Crippen molar-refractivity contribution in [3.63, 3.8) is 0 Å². The van der Waals surface area contributed by atoms with E-state index in [0.29, 0.717) is 5.92 Å². The largest absolute Gasteiger partial charge is 0.341 e. The molecule has 0 N–H and O–H groups in total. The van der Waals surface area contributed by atoms with Crippen molar-refractivity contribution >= 4 is 5.78 Å². The van der Waals surface area contributed by atoms with Crippen LogP contribution in [0, 0.1) is 24.3 Å². The number of hydrogen-bond acceptors (Lipinski definition) is 1. The van der Waals surface area contributed by atoms with Crippen LogP contribution in [0.4, 0.5) is 0 Å². The maximum Gasteiger partial charge on any atom is 0.135 e. The summed E-state index contributed by atoms with van der Waals surface area (Å²) < 4.78 is 0. The molecule has 0 aliphatic rings. The Labute approximate surface area is 131 Å². The van der Waals surface area contributed by atoms with Gasteiger partial charge in [0.25, 0.3) is 0 Å². The summed E-state index contributed by atoms with van der Waals surface area (Å²) in [5.74, 6) is 0.613. The first-order valence-corrected chi connectivity index (χ1v) is 5.61. The van der Waals surface area contributed by atoms with E-state index >= 15 is 0 Å². The summed E-state index contributed by atoms with van der Waals surface area (Å²) in [7, 11) is 0. The fourth-order valence-corrected chi connectivity index (χ4v) is 1.36. The van der Waals surface area contributed by atoms with Gasteiger partial charge in [-0.05, 0) is 6.92 Å². The Morgan fingerprint density at radius 2 is 1.76 bits per heavy atom. The minimum atomic E-state index is -0.179. The number of benzene rings is 1. The van der Waals surface area contributed by atoms with Crippen molar-refractivity contribution in [3.8, 4) is 0 Å². The molecule has 17 heavy (non-hydrogen) atoms. The van der Waals surface area contributed by atoms with Crippen LogP contribution >= 0.6 is 0 Å². The molecule has 0 aromatic heterocycles. The topological polar surface area (TPSA) is 17.1 Å². The molecule has 0 saturated heterocycles. The molecule has 2 heteroatoms. The molecule has 1 aromatic carbocycles. The maximum atomic E-state index is 11.0. The van der Waals surface area contributed by atoms with Crippen molar-refractivity contribution < 1.29 is 37.5 Å². The molecule has 0 aliphatic heterocycles. The molecule has 0 heterocycles. The average Bonchev–Trinajstić information content (AvgIpc) is 2.19. The fraction of sp³-hybridized carbons (Fsp3) is 0.467. The van der Waals surface area contributed by atoms with Crippen LogP contribution < -0.4 is 0 Å². The van der Waals surface area contributed by atoms with Gasteiger partial charge in [-0.2, -0.15) is 42.3 Å². The summed E-state index contributed by atoms with van der Waals surface area (Å²) in [6.07, 6.45) is 0.877. The van der Waals surface area contributed by atoms with Crippen molar-refractivity contribution in [3.05, 3.63) is 43.3 Å². The van der Waals surface area contributed by atoms with Gasteiger partial charge in [0.05, 0.1) is 0 Å². The quantitative estimate of drug-likeness (QED) is 0.773. The fourth-order valence-electron chi connectivity index (χ4n) is 1.36. The van der Waals surface area contributed by atoms with Gasteiger partial charge in [0.15, 0.2) is 0 Å². The van der Waals surface area contributed by atoms with Gasteiger partial charge in [-0.15, -0.1) is 0 Å². The molecule has 0 spiro atoms. The van der Waals surface area contributed by atoms with E-state index in [1.807, 2.05) is 51.1 Å². The second-order valence-corrected chi connectivity index (χ2v) is 4.83. The molecule has 93 valence electrons. The maximum absolute atomic E-state index is 11.0. The van der Waals surface area contributed by atoms with E-state index in [1.54, 1.807) is 6.92 Å². The molecule has 0 amide bonds. The van der Waals surface area contributed by atoms with Crippen molar-refractivity contribution in [1.29, 1.82) is 0 Å². The molecule has 1 nitrogen and oxygen atoms in total. The van der Waals surface area contributed by atoms with Gasteiger partial charge in [-0.25, -0.2) is 0 Å². The van der Waals surface area contributed by atoms with Crippen LogP contribution in [-0.2, 0) is 37.5 Å². The second-order valence-electron chi connectivity index (χ2n) is 4.83. The van der Waals surface area contributed by atoms with Crippen molar-refractivity contribution in [1.82, 2.24) is 0 Å². The molecule has 0 aliphatic carbocycles. The van der Waals surface area contributed by atoms with Crippen LogP contribution in [0.3, 0.4) is 0 Å². The molecular weight excluding hydrogens is 285 g/mol. The average molecular weight is 307 g/mol. The van der Waals surface area contributed by atoms with E-state index in [0.717, 1.165) is 6.42 Å². The van der Waals surface area contributed by atoms with Crippen molar-refractivity contribution in [2.24, 2.45) is 11.3 Å². The Morgan fingerprint density at radius 1 is 1.29 bits per heavy atom. The first-order chi connectivity index (χ1) is 7.36. The van der Waals surface area contributed by atoms with E-state index in [2.05, 4.69) is 13.0 Å². The first-order valence-electron chi connectivity index (χ1n) is 5.61. The summed E-state index contributed by atoms with van der Waals surface area (Å²) in [5, 5.41) is 0. The minimum absolute atomic E-state index is 0. The third-order valence-electron chi connectivity index (χ3n) is 2.42. The zero-order valence-corrected chi connectivity index (χ0v) is 14.2. The van der Waals surface area contributed by atoms with Gasteiger partial charge in [-0.3, -0.25) is 4.79 Å².